The Hall–Kier alpha value is 0.430. The van der Waals surface area contributed by atoms with Gasteiger partial charge in [-0.05, 0) is 6.42 Å². The summed E-state index contributed by atoms with van der Waals surface area (Å²) in [5, 5.41) is 17.4. The molecule has 1 N–H and O–H groups in total. The van der Waals surface area contributed by atoms with Gasteiger partial charge in [-0.3, -0.25) is 4.79 Å². The first-order chi connectivity index (χ1) is 11.2. The van der Waals surface area contributed by atoms with E-state index in [0.717, 1.165) is 12.8 Å². The van der Waals surface area contributed by atoms with Crippen molar-refractivity contribution in [1.29, 1.82) is 0 Å². The second kappa shape index (κ2) is 28.2. The maximum Gasteiger partial charge on any atom is 1.00 e. The second-order valence-electron chi connectivity index (χ2n) is 6.38. The summed E-state index contributed by atoms with van der Waals surface area (Å²) in [6.45, 7) is 3.84. The Labute approximate surface area is 173 Å². The Morgan fingerprint density at radius 3 is 1.17 bits per heavy atom. The van der Waals surface area contributed by atoms with Crippen LogP contribution < -0.4 is 34.7 Å². The maximum absolute atomic E-state index is 10.3. The van der Waals surface area contributed by atoms with Crippen molar-refractivity contribution in [2.45, 2.75) is 117 Å². The van der Waals surface area contributed by atoms with E-state index in [0.29, 0.717) is 6.42 Å². The average molecular weight is 353 g/mol. The quantitative estimate of drug-likeness (QED) is 0.343. The van der Waals surface area contributed by atoms with Gasteiger partial charge in [0, 0.05) is 6.42 Å². The Balaban J connectivity index is -0.00000102. The Morgan fingerprint density at radius 2 is 0.917 bits per heavy atom. The van der Waals surface area contributed by atoms with Gasteiger partial charge in [0.25, 0.3) is 0 Å². The summed E-state index contributed by atoms with van der Waals surface area (Å²) in [6, 6.07) is 0. The van der Waals surface area contributed by atoms with Crippen LogP contribution in [0.15, 0.2) is 0 Å². The van der Waals surface area contributed by atoms with Crippen LogP contribution in [0.1, 0.15) is 117 Å². The van der Waals surface area contributed by atoms with Crippen molar-refractivity contribution in [3.05, 3.63) is 0 Å². The van der Waals surface area contributed by atoms with Crippen LogP contribution in [0, 0.1) is 0 Å². The van der Waals surface area contributed by atoms with E-state index >= 15 is 0 Å². The molecule has 0 aromatic rings. The van der Waals surface area contributed by atoms with Crippen molar-refractivity contribution < 1.29 is 44.6 Å². The molecule has 0 bridgehead atoms. The standard InChI is InChI=1S/C18H36O2.C2H5O.Na/c1-2-3-4-5-6-7-8-9-10-11-12-13-14-15-16-17-18(19)20;1-2-3;/h2-17H2,1H3,(H,19,20);2H2,1H3;/q;-1;+1. The van der Waals surface area contributed by atoms with Gasteiger partial charge in [-0.15, -0.1) is 6.61 Å². The maximum atomic E-state index is 10.3. The van der Waals surface area contributed by atoms with Gasteiger partial charge in [-0.2, -0.15) is 0 Å². The Bertz CT molecular complexity index is 223. The van der Waals surface area contributed by atoms with Gasteiger partial charge < -0.3 is 10.2 Å². The van der Waals surface area contributed by atoms with Gasteiger partial charge in [0.1, 0.15) is 0 Å². The number of unbranched alkanes of at least 4 members (excludes halogenated alkanes) is 14. The van der Waals surface area contributed by atoms with Crippen molar-refractivity contribution in [3.63, 3.8) is 0 Å². The molecule has 24 heavy (non-hydrogen) atoms. The number of rotatable bonds is 16. The zero-order chi connectivity index (χ0) is 17.6. The summed E-state index contributed by atoms with van der Waals surface area (Å²) >= 11 is 0. The first-order valence-corrected chi connectivity index (χ1v) is 9.98. The molecule has 0 heterocycles. The molecule has 0 aromatic heterocycles. The number of hydrogen-bond acceptors (Lipinski definition) is 2. The van der Waals surface area contributed by atoms with Crippen LogP contribution in [-0.2, 0) is 4.79 Å². The zero-order valence-electron chi connectivity index (χ0n) is 16.8. The third-order valence-corrected chi connectivity index (χ3v) is 3.99. The topological polar surface area (TPSA) is 60.4 Å². The third-order valence-electron chi connectivity index (χ3n) is 3.99. The minimum absolute atomic E-state index is 0. The molecule has 0 aliphatic heterocycles. The van der Waals surface area contributed by atoms with Crippen molar-refractivity contribution >= 4 is 5.97 Å². The molecule has 0 atom stereocenters. The summed E-state index contributed by atoms with van der Waals surface area (Å²) in [5.74, 6) is -0.653. The fraction of sp³-hybridized carbons (Fsp3) is 0.950. The molecule has 0 spiro atoms. The molecule has 4 heteroatoms. The largest absolute Gasteiger partial charge is 1.00 e. The molecule has 0 aromatic carbocycles. The molecule has 0 aliphatic carbocycles. The fourth-order valence-corrected chi connectivity index (χ4v) is 2.65. The van der Waals surface area contributed by atoms with Gasteiger partial charge in [-0.1, -0.05) is 104 Å². The fourth-order valence-electron chi connectivity index (χ4n) is 2.65. The minimum atomic E-state index is -0.653. The number of carboxylic acid groups (broad SMARTS) is 1. The van der Waals surface area contributed by atoms with Crippen LogP contribution in [0.5, 0.6) is 0 Å². The molecule has 140 valence electrons. The van der Waals surface area contributed by atoms with Gasteiger partial charge >= 0.3 is 35.5 Å². The van der Waals surface area contributed by atoms with Crippen molar-refractivity contribution in [3.8, 4) is 0 Å². The van der Waals surface area contributed by atoms with Crippen molar-refractivity contribution in [2.75, 3.05) is 6.61 Å². The summed E-state index contributed by atoms with van der Waals surface area (Å²) < 4.78 is 0. The van der Waals surface area contributed by atoms with E-state index in [4.69, 9.17) is 10.2 Å². The van der Waals surface area contributed by atoms with E-state index in [1.165, 1.54) is 83.5 Å². The first-order valence-electron chi connectivity index (χ1n) is 9.98. The van der Waals surface area contributed by atoms with E-state index in [1.807, 2.05) is 0 Å². The molecule has 0 aliphatic rings. The zero-order valence-corrected chi connectivity index (χ0v) is 18.8. The van der Waals surface area contributed by atoms with Gasteiger partial charge in [0.15, 0.2) is 0 Å². The van der Waals surface area contributed by atoms with E-state index < -0.39 is 5.97 Å². The molecular formula is C20H41NaO3. The van der Waals surface area contributed by atoms with Gasteiger partial charge in [0.05, 0.1) is 0 Å². The summed E-state index contributed by atoms with van der Waals surface area (Å²) in [4.78, 5) is 10.3. The summed E-state index contributed by atoms with van der Waals surface area (Å²) in [7, 11) is 0. The Kier molecular flexibility index (Phi) is 34.4. The molecule has 0 saturated heterocycles. The molecule has 0 radical (unpaired) electrons. The molecule has 0 amide bonds. The van der Waals surface area contributed by atoms with E-state index in [-0.39, 0.29) is 36.2 Å². The van der Waals surface area contributed by atoms with E-state index in [1.54, 1.807) is 6.92 Å². The normalized spacial score (nSPS) is 9.79. The number of carbonyl (C=O) groups is 1. The van der Waals surface area contributed by atoms with E-state index in [2.05, 4.69) is 6.92 Å². The first kappa shape index (κ1) is 29.2. The molecule has 0 saturated carbocycles. The minimum Gasteiger partial charge on any atom is -0.855 e. The van der Waals surface area contributed by atoms with E-state index in [9.17, 15) is 4.79 Å². The number of carboxylic acids is 1. The van der Waals surface area contributed by atoms with Crippen LogP contribution in [-0.4, -0.2) is 17.7 Å². The Morgan fingerprint density at radius 1 is 0.667 bits per heavy atom. The van der Waals surface area contributed by atoms with Crippen molar-refractivity contribution in [1.82, 2.24) is 0 Å². The summed E-state index contributed by atoms with van der Waals surface area (Å²) in [6.07, 6.45) is 20.2. The van der Waals surface area contributed by atoms with Crippen LogP contribution in [0.4, 0.5) is 0 Å². The monoisotopic (exact) mass is 352 g/mol. The molecule has 0 unspecified atom stereocenters. The smallest absolute Gasteiger partial charge is 0.855 e. The number of hydrogen-bond donors (Lipinski definition) is 1. The summed E-state index contributed by atoms with van der Waals surface area (Å²) in [5.41, 5.74) is 0. The predicted octanol–water partition coefficient (Wildman–Crippen LogP) is 2.70. The predicted molar refractivity (Wildman–Crippen MR) is 97.7 cm³/mol. The molecule has 0 fully saturated rings. The second-order valence-corrected chi connectivity index (χ2v) is 6.38. The molecular weight excluding hydrogens is 311 g/mol. The molecule has 3 nitrogen and oxygen atoms in total. The van der Waals surface area contributed by atoms with Crippen LogP contribution >= 0.6 is 0 Å². The SMILES string of the molecule is CCCCCCCCCCCCCCCCCC(=O)O.CC[O-].[Na+]. The van der Waals surface area contributed by atoms with Gasteiger partial charge in [0.2, 0.25) is 0 Å². The third kappa shape index (κ3) is 33.9. The van der Waals surface area contributed by atoms with Crippen LogP contribution in [0.3, 0.4) is 0 Å². The number of aliphatic carboxylic acids is 1. The van der Waals surface area contributed by atoms with Crippen molar-refractivity contribution in [2.24, 2.45) is 0 Å². The van der Waals surface area contributed by atoms with Gasteiger partial charge in [-0.25, -0.2) is 0 Å². The van der Waals surface area contributed by atoms with Crippen LogP contribution in [0.25, 0.3) is 0 Å². The average Bonchev–Trinajstić information content (AvgIpc) is 2.51. The van der Waals surface area contributed by atoms with Crippen LogP contribution in [0.2, 0.25) is 0 Å². The molecule has 0 rings (SSSR count).